The lowest BCUT2D eigenvalue weighted by molar-refractivity contribution is 0.358. The van der Waals surface area contributed by atoms with Gasteiger partial charge >= 0.3 is 0 Å². The van der Waals surface area contributed by atoms with Crippen LogP contribution in [0, 0.1) is 11.8 Å². The van der Waals surface area contributed by atoms with Gasteiger partial charge in [0.05, 0.1) is 7.11 Å². The maximum atomic E-state index is 6.10. The van der Waals surface area contributed by atoms with E-state index < -0.39 is 0 Å². The number of methoxy groups -OCH3 is 1. The highest BCUT2D eigenvalue weighted by Gasteiger charge is 2.33. The molecule has 0 bridgehead atoms. The van der Waals surface area contributed by atoms with E-state index in [1.807, 2.05) is 12.1 Å². The third kappa shape index (κ3) is 1.84. The summed E-state index contributed by atoms with van der Waals surface area (Å²) in [6.07, 6.45) is 2.37. The molecule has 2 N–H and O–H groups in total. The van der Waals surface area contributed by atoms with Crippen LogP contribution in [0.1, 0.15) is 32.7 Å². The highest BCUT2D eigenvalue weighted by Crippen LogP contribution is 2.42. The lowest BCUT2D eigenvalue weighted by Gasteiger charge is -2.21. The Morgan fingerprint density at radius 1 is 1.26 bits per heavy atom. The van der Waals surface area contributed by atoms with Crippen molar-refractivity contribution in [3.63, 3.8) is 0 Å². The van der Waals surface area contributed by atoms with Crippen molar-refractivity contribution < 1.29 is 4.74 Å². The van der Waals surface area contributed by atoms with Crippen LogP contribution in [-0.4, -0.2) is 21.6 Å². The second-order valence-corrected chi connectivity index (χ2v) is 5.52. The number of nitrogens with two attached hydrogens (primary N) is 1. The van der Waals surface area contributed by atoms with E-state index >= 15 is 0 Å². The van der Waals surface area contributed by atoms with Crippen LogP contribution in [0.15, 0.2) is 12.1 Å². The number of pyridine rings is 1. The smallest absolute Gasteiger partial charge is 0.215 e. The van der Waals surface area contributed by atoms with Crippen molar-refractivity contribution >= 4 is 17.1 Å². The van der Waals surface area contributed by atoms with Crippen LogP contribution in [-0.2, 0) is 0 Å². The maximum Gasteiger partial charge on any atom is 0.215 e. The van der Waals surface area contributed by atoms with Gasteiger partial charge in [0, 0.05) is 12.1 Å². The molecule has 0 saturated heterocycles. The third-order valence-corrected chi connectivity index (χ3v) is 4.50. The standard InChI is InChI=1S/C14H20N4O/c1-8-4-6-11(9(8)2)18-13-10(16-14(18)15)5-7-12(17-13)19-3/h5,7-9,11H,4,6H2,1-3H3,(H2,15,16). The molecular weight excluding hydrogens is 240 g/mol. The van der Waals surface area contributed by atoms with E-state index in [9.17, 15) is 0 Å². The minimum atomic E-state index is 0.389. The van der Waals surface area contributed by atoms with E-state index in [0.29, 0.717) is 29.7 Å². The van der Waals surface area contributed by atoms with Crippen LogP contribution in [0.25, 0.3) is 11.2 Å². The fraction of sp³-hybridized carbons (Fsp3) is 0.571. The Morgan fingerprint density at radius 2 is 2.05 bits per heavy atom. The van der Waals surface area contributed by atoms with Crippen molar-refractivity contribution in [3.05, 3.63) is 12.1 Å². The van der Waals surface area contributed by atoms with E-state index in [-0.39, 0.29) is 0 Å². The first-order chi connectivity index (χ1) is 9.11. The van der Waals surface area contributed by atoms with Crippen LogP contribution < -0.4 is 10.5 Å². The SMILES string of the molecule is COc1ccc2nc(N)n(C3CCC(C)C3C)c2n1. The number of hydrogen-bond acceptors (Lipinski definition) is 4. The highest BCUT2D eigenvalue weighted by atomic mass is 16.5. The second kappa shape index (κ2) is 4.40. The van der Waals surface area contributed by atoms with E-state index in [2.05, 4.69) is 28.4 Å². The lowest BCUT2D eigenvalue weighted by atomic mass is 9.98. The van der Waals surface area contributed by atoms with Crippen molar-refractivity contribution in [2.24, 2.45) is 11.8 Å². The zero-order valence-corrected chi connectivity index (χ0v) is 11.6. The van der Waals surface area contributed by atoms with Crippen LogP contribution in [0.3, 0.4) is 0 Å². The van der Waals surface area contributed by atoms with Crippen molar-refractivity contribution in [3.8, 4) is 5.88 Å². The topological polar surface area (TPSA) is 66.0 Å². The van der Waals surface area contributed by atoms with E-state index in [0.717, 1.165) is 17.6 Å². The number of rotatable bonds is 2. The molecule has 0 spiro atoms. The molecule has 3 rings (SSSR count). The molecule has 1 aliphatic rings. The minimum absolute atomic E-state index is 0.389. The van der Waals surface area contributed by atoms with Gasteiger partial charge in [-0.3, -0.25) is 4.57 Å². The molecule has 1 saturated carbocycles. The molecule has 2 aromatic rings. The van der Waals surface area contributed by atoms with Crippen molar-refractivity contribution in [2.45, 2.75) is 32.7 Å². The van der Waals surface area contributed by atoms with Crippen LogP contribution >= 0.6 is 0 Å². The number of nitrogens with zero attached hydrogens (tertiary/aromatic N) is 3. The van der Waals surface area contributed by atoms with Crippen molar-refractivity contribution in [1.82, 2.24) is 14.5 Å². The minimum Gasteiger partial charge on any atom is -0.481 e. The second-order valence-electron chi connectivity index (χ2n) is 5.52. The van der Waals surface area contributed by atoms with Gasteiger partial charge in [-0.1, -0.05) is 13.8 Å². The number of aromatic nitrogens is 3. The molecule has 3 unspecified atom stereocenters. The molecule has 3 atom stereocenters. The third-order valence-electron chi connectivity index (χ3n) is 4.50. The van der Waals surface area contributed by atoms with Crippen LogP contribution in [0.5, 0.6) is 5.88 Å². The summed E-state index contributed by atoms with van der Waals surface area (Å²) in [5, 5.41) is 0. The van der Waals surface area contributed by atoms with Gasteiger partial charge in [-0.05, 0) is 30.7 Å². The van der Waals surface area contributed by atoms with Gasteiger partial charge in [0.1, 0.15) is 5.52 Å². The Bertz CT molecular complexity index is 607. The van der Waals surface area contributed by atoms with Gasteiger partial charge in [-0.2, -0.15) is 4.98 Å². The molecule has 19 heavy (non-hydrogen) atoms. The van der Waals surface area contributed by atoms with E-state index in [1.165, 1.54) is 6.42 Å². The summed E-state index contributed by atoms with van der Waals surface area (Å²) in [5.41, 5.74) is 7.78. The fourth-order valence-electron chi connectivity index (χ4n) is 3.12. The predicted octanol–water partition coefficient (Wildman–Crippen LogP) is 2.63. The molecule has 102 valence electrons. The van der Waals surface area contributed by atoms with Crippen molar-refractivity contribution in [2.75, 3.05) is 12.8 Å². The fourth-order valence-corrected chi connectivity index (χ4v) is 3.12. The molecule has 2 aromatic heterocycles. The quantitative estimate of drug-likeness (QED) is 0.901. The molecule has 0 aromatic carbocycles. The number of fused-ring (bicyclic) bond motifs is 1. The Labute approximate surface area is 112 Å². The van der Waals surface area contributed by atoms with Crippen LogP contribution in [0.2, 0.25) is 0 Å². The average molecular weight is 260 g/mol. The van der Waals surface area contributed by atoms with Gasteiger partial charge in [0.25, 0.3) is 0 Å². The summed E-state index contributed by atoms with van der Waals surface area (Å²) in [4.78, 5) is 8.93. The molecule has 1 fully saturated rings. The van der Waals surface area contributed by atoms with Gasteiger partial charge in [-0.25, -0.2) is 4.98 Å². The number of nitrogen functional groups attached to an aromatic ring is 1. The van der Waals surface area contributed by atoms with Gasteiger partial charge in [0.15, 0.2) is 5.65 Å². The molecule has 0 radical (unpaired) electrons. The summed E-state index contributed by atoms with van der Waals surface area (Å²) in [5.74, 6) is 2.47. The first-order valence-electron chi connectivity index (χ1n) is 6.80. The predicted molar refractivity (Wildman–Crippen MR) is 75.1 cm³/mol. The first-order valence-corrected chi connectivity index (χ1v) is 6.80. The van der Waals surface area contributed by atoms with Gasteiger partial charge in [-0.15, -0.1) is 0 Å². The average Bonchev–Trinajstić information content (AvgIpc) is 2.89. The van der Waals surface area contributed by atoms with E-state index in [4.69, 9.17) is 10.5 Å². The van der Waals surface area contributed by atoms with Crippen molar-refractivity contribution in [1.29, 1.82) is 0 Å². The Kier molecular flexibility index (Phi) is 2.84. The zero-order valence-electron chi connectivity index (χ0n) is 11.6. The van der Waals surface area contributed by atoms with Gasteiger partial charge in [0.2, 0.25) is 11.8 Å². The highest BCUT2D eigenvalue weighted by molar-refractivity contribution is 5.75. The molecule has 0 aliphatic heterocycles. The number of hydrogen-bond donors (Lipinski definition) is 1. The zero-order chi connectivity index (χ0) is 13.6. The molecule has 5 nitrogen and oxygen atoms in total. The Hall–Kier alpha value is -1.78. The lowest BCUT2D eigenvalue weighted by Crippen LogP contribution is -2.17. The normalized spacial score (nSPS) is 27.0. The van der Waals surface area contributed by atoms with Gasteiger partial charge < -0.3 is 10.5 Å². The van der Waals surface area contributed by atoms with E-state index in [1.54, 1.807) is 7.11 Å². The number of imidazole rings is 1. The summed E-state index contributed by atoms with van der Waals surface area (Å²) < 4.78 is 7.29. The summed E-state index contributed by atoms with van der Waals surface area (Å²) in [7, 11) is 1.62. The summed E-state index contributed by atoms with van der Waals surface area (Å²) >= 11 is 0. The first kappa shape index (κ1) is 12.3. The number of anilines is 1. The maximum absolute atomic E-state index is 6.10. The van der Waals surface area contributed by atoms with Crippen LogP contribution in [0.4, 0.5) is 5.95 Å². The molecular formula is C14H20N4O. The Balaban J connectivity index is 2.14. The Morgan fingerprint density at radius 3 is 2.68 bits per heavy atom. The molecule has 5 heteroatoms. The molecule has 0 amide bonds. The summed E-state index contributed by atoms with van der Waals surface area (Å²) in [6, 6.07) is 4.12. The molecule has 2 heterocycles. The monoisotopic (exact) mass is 260 g/mol. The number of ether oxygens (including phenoxy) is 1. The largest absolute Gasteiger partial charge is 0.481 e. The summed E-state index contributed by atoms with van der Waals surface area (Å²) in [6.45, 7) is 4.59. The molecule has 1 aliphatic carbocycles.